The maximum atomic E-state index is 13.1. The van der Waals surface area contributed by atoms with Gasteiger partial charge in [0.1, 0.15) is 5.54 Å². The van der Waals surface area contributed by atoms with E-state index in [1.54, 1.807) is 11.8 Å². The normalized spacial score (nSPS) is 15.9. The fraction of sp³-hybridized carbons (Fsp3) is 0.542. The van der Waals surface area contributed by atoms with Crippen molar-refractivity contribution in [2.75, 3.05) is 31.6 Å². The molecule has 0 saturated carbocycles. The molecule has 1 aliphatic rings. The molecular formula is C24H33N5O4. The Labute approximate surface area is 194 Å². The van der Waals surface area contributed by atoms with Gasteiger partial charge in [0.2, 0.25) is 5.91 Å². The lowest BCUT2D eigenvalue weighted by Crippen LogP contribution is -2.62. The zero-order chi connectivity index (χ0) is 24.0. The topological polar surface area (TPSA) is 97.6 Å². The van der Waals surface area contributed by atoms with E-state index in [4.69, 9.17) is 4.74 Å². The molecule has 2 heterocycles. The molecule has 0 N–H and O–H groups in total. The number of aromatic nitrogens is 3. The smallest absolute Gasteiger partial charge is 0.332 e. The van der Waals surface area contributed by atoms with Crippen LogP contribution in [0.25, 0.3) is 0 Å². The minimum Gasteiger partial charge on any atom is -0.467 e. The second-order valence-electron chi connectivity index (χ2n) is 8.62. The van der Waals surface area contributed by atoms with Gasteiger partial charge in [-0.3, -0.25) is 14.5 Å². The largest absolute Gasteiger partial charge is 0.467 e. The highest BCUT2D eigenvalue weighted by atomic mass is 16.5. The van der Waals surface area contributed by atoms with Crippen LogP contribution in [0.3, 0.4) is 0 Å². The van der Waals surface area contributed by atoms with Crippen molar-refractivity contribution in [2.45, 2.75) is 58.0 Å². The van der Waals surface area contributed by atoms with E-state index in [9.17, 15) is 14.4 Å². The van der Waals surface area contributed by atoms with Crippen LogP contribution in [0.2, 0.25) is 0 Å². The van der Waals surface area contributed by atoms with Crippen molar-refractivity contribution in [2.24, 2.45) is 0 Å². The molecule has 1 aliphatic heterocycles. The molecule has 1 saturated heterocycles. The number of rotatable bonds is 8. The van der Waals surface area contributed by atoms with Gasteiger partial charge in [-0.15, -0.1) is 0 Å². The second-order valence-corrected chi connectivity index (χ2v) is 8.62. The first-order chi connectivity index (χ1) is 15.8. The SMILES string of the molecule is CCC(=O)N(c1ccccc1)C1(C(=O)OC)CCN(CCn2nc(C(C)C)ncc2=O)CC1. The van der Waals surface area contributed by atoms with Crippen LogP contribution in [0, 0.1) is 0 Å². The van der Waals surface area contributed by atoms with Crippen LogP contribution in [0.5, 0.6) is 0 Å². The summed E-state index contributed by atoms with van der Waals surface area (Å²) in [7, 11) is 1.36. The van der Waals surface area contributed by atoms with E-state index in [2.05, 4.69) is 15.0 Å². The number of nitrogens with zero attached hydrogens (tertiary/aromatic N) is 5. The maximum Gasteiger partial charge on any atom is 0.332 e. The Morgan fingerprint density at radius 2 is 1.82 bits per heavy atom. The van der Waals surface area contributed by atoms with Crippen molar-refractivity contribution in [1.82, 2.24) is 19.7 Å². The van der Waals surface area contributed by atoms with Gasteiger partial charge in [0, 0.05) is 37.7 Å². The number of methoxy groups -OCH3 is 1. The Hall–Kier alpha value is -3.07. The predicted molar refractivity (Wildman–Crippen MR) is 125 cm³/mol. The van der Waals surface area contributed by atoms with E-state index in [1.165, 1.54) is 18.0 Å². The summed E-state index contributed by atoms with van der Waals surface area (Å²) >= 11 is 0. The number of benzene rings is 1. The van der Waals surface area contributed by atoms with Gasteiger partial charge in [-0.2, -0.15) is 5.10 Å². The minimum atomic E-state index is -1.06. The summed E-state index contributed by atoms with van der Waals surface area (Å²) in [5, 5.41) is 4.37. The molecule has 0 atom stereocenters. The molecular weight excluding hydrogens is 422 g/mol. The lowest BCUT2D eigenvalue weighted by molar-refractivity contribution is -0.151. The van der Waals surface area contributed by atoms with Crippen LogP contribution in [0.1, 0.15) is 51.8 Å². The van der Waals surface area contributed by atoms with Gasteiger partial charge in [-0.25, -0.2) is 14.5 Å². The van der Waals surface area contributed by atoms with Gasteiger partial charge in [0.25, 0.3) is 5.56 Å². The molecule has 0 bridgehead atoms. The highest BCUT2D eigenvalue weighted by Gasteiger charge is 2.49. The third kappa shape index (κ3) is 5.30. The molecule has 9 nitrogen and oxygen atoms in total. The molecule has 9 heteroatoms. The van der Waals surface area contributed by atoms with Gasteiger partial charge in [-0.1, -0.05) is 39.0 Å². The van der Waals surface area contributed by atoms with Gasteiger partial charge >= 0.3 is 5.97 Å². The number of hydrogen-bond donors (Lipinski definition) is 0. The molecule has 0 spiro atoms. The van der Waals surface area contributed by atoms with Crippen molar-refractivity contribution in [1.29, 1.82) is 0 Å². The second kappa shape index (κ2) is 10.7. The molecule has 1 aromatic carbocycles. The number of carbonyl (C=O) groups excluding carboxylic acids is 2. The molecule has 1 amide bonds. The zero-order valence-corrected chi connectivity index (χ0v) is 19.9. The summed E-state index contributed by atoms with van der Waals surface area (Å²) in [5.41, 5.74) is -0.600. The first kappa shape index (κ1) is 24.6. The minimum absolute atomic E-state index is 0.117. The molecule has 1 aromatic heterocycles. The summed E-state index contributed by atoms with van der Waals surface area (Å²) in [6, 6.07) is 9.29. The molecule has 0 unspecified atom stereocenters. The van der Waals surface area contributed by atoms with Crippen LogP contribution in [-0.2, 0) is 20.9 Å². The lowest BCUT2D eigenvalue weighted by atomic mass is 9.84. The van der Waals surface area contributed by atoms with Gasteiger partial charge in [-0.05, 0) is 25.0 Å². The molecule has 0 aliphatic carbocycles. The van der Waals surface area contributed by atoms with Crippen molar-refractivity contribution < 1.29 is 14.3 Å². The molecule has 0 radical (unpaired) electrons. The van der Waals surface area contributed by atoms with Crippen molar-refractivity contribution in [3.8, 4) is 0 Å². The Balaban J connectivity index is 1.78. The molecule has 2 aromatic rings. The molecule has 1 fully saturated rings. The monoisotopic (exact) mass is 455 g/mol. The Morgan fingerprint density at radius 3 is 2.39 bits per heavy atom. The first-order valence-corrected chi connectivity index (χ1v) is 11.4. The number of likely N-dealkylation sites (tertiary alicyclic amines) is 1. The Bertz CT molecular complexity index is 1010. The Morgan fingerprint density at radius 1 is 1.15 bits per heavy atom. The van der Waals surface area contributed by atoms with Crippen LogP contribution in [-0.4, -0.2) is 63.8 Å². The van der Waals surface area contributed by atoms with E-state index in [-0.39, 0.29) is 23.8 Å². The summed E-state index contributed by atoms with van der Waals surface area (Å²) in [5.74, 6) is 0.248. The number of para-hydroxylation sites is 1. The fourth-order valence-corrected chi connectivity index (χ4v) is 4.27. The van der Waals surface area contributed by atoms with E-state index in [0.29, 0.717) is 50.5 Å². The number of carbonyl (C=O) groups is 2. The van der Waals surface area contributed by atoms with Gasteiger partial charge in [0.15, 0.2) is 5.82 Å². The average molecular weight is 456 g/mol. The maximum absolute atomic E-state index is 13.1. The van der Waals surface area contributed by atoms with Gasteiger partial charge < -0.3 is 9.64 Å². The van der Waals surface area contributed by atoms with Crippen molar-refractivity contribution in [3.63, 3.8) is 0 Å². The highest BCUT2D eigenvalue weighted by molar-refractivity contribution is 6.02. The lowest BCUT2D eigenvalue weighted by Gasteiger charge is -2.46. The van der Waals surface area contributed by atoms with E-state index >= 15 is 0 Å². The predicted octanol–water partition coefficient (Wildman–Crippen LogP) is 2.21. The number of hydrogen-bond acceptors (Lipinski definition) is 7. The van der Waals surface area contributed by atoms with Gasteiger partial charge in [0.05, 0.1) is 19.9 Å². The number of esters is 1. The number of ether oxygens (including phenoxy) is 1. The summed E-state index contributed by atoms with van der Waals surface area (Å²) in [4.78, 5) is 46.1. The highest BCUT2D eigenvalue weighted by Crippen LogP contribution is 2.35. The quantitative estimate of drug-likeness (QED) is 0.563. The molecule has 3 rings (SSSR count). The molecule has 33 heavy (non-hydrogen) atoms. The van der Waals surface area contributed by atoms with Crippen molar-refractivity contribution >= 4 is 17.6 Å². The van der Waals surface area contributed by atoms with Crippen molar-refractivity contribution in [3.05, 3.63) is 52.7 Å². The average Bonchev–Trinajstić information content (AvgIpc) is 2.84. The van der Waals surface area contributed by atoms with Crippen LogP contribution in [0.4, 0.5) is 5.69 Å². The first-order valence-electron chi connectivity index (χ1n) is 11.4. The van der Waals surface area contributed by atoms with E-state index in [1.807, 2.05) is 44.2 Å². The Kier molecular flexibility index (Phi) is 7.97. The fourth-order valence-electron chi connectivity index (χ4n) is 4.27. The zero-order valence-electron chi connectivity index (χ0n) is 19.9. The molecule has 178 valence electrons. The van der Waals surface area contributed by atoms with Crippen LogP contribution < -0.4 is 10.5 Å². The van der Waals surface area contributed by atoms with Crippen LogP contribution in [0.15, 0.2) is 41.3 Å². The van der Waals surface area contributed by atoms with E-state index < -0.39 is 11.5 Å². The number of piperidine rings is 1. The summed E-state index contributed by atoms with van der Waals surface area (Å²) < 4.78 is 6.64. The standard InChI is InChI=1S/C24H33N5O4/c1-5-20(30)29(19-9-7-6-8-10-19)24(23(32)33-4)11-13-27(14-12-24)15-16-28-21(31)17-25-22(26-28)18(2)3/h6-10,17-18H,5,11-16H2,1-4H3. The number of anilines is 1. The summed E-state index contributed by atoms with van der Waals surface area (Å²) in [6.45, 7) is 7.98. The third-order valence-corrected chi connectivity index (χ3v) is 6.17. The third-order valence-electron chi connectivity index (χ3n) is 6.17. The summed E-state index contributed by atoms with van der Waals surface area (Å²) in [6.07, 6.45) is 2.48. The van der Waals surface area contributed by atoms with E-state index in [0.717, 1.165) is 0 Å². The van der Waals surface area contributed by atoms with Crippen LogP contribution >= 0.6 is 0 Å². The number of amides is 1.